The molecule has 0 unspecified atom stereocenters. The minimum Gasteiger partial charge on any atom is -0.464 e. The number of furan rings is 1. The number of guanidine groups is 1. The van der Waals surface area contributed by atoms with Crippen molar-refractivity contribution < 1.29 is 9.21 Å². The summed E-state index contributed by atoms with van der Waals surface area (Å²) in [6, 6.07) is 7.12. The molecule has 1 amide bonds. The van der Waals surface area contributed by atoms with E-state index >= 15 is 0 Å². The number of nitrogens with two attached hydrogens (primary N) is 4. The van der Waals surface area contributed by atoms with Gasteiger partial charge in [-0.25, -0.2) is 9.97 Å². The number of carbonyl (C=O) groups is 1. The van der Waals surface area contributed by atoms with Gasteiger partial charge in [0.15, 0.2) is 23.3 Å². The first kappa shape index (κ1) is 14.3. The third-order valence-corrected chi connectivity index (χ3v) is 3.11. The first-order chi connectivity index (χ1) is 11.0. The zero-order valence-corrected chi connectivity index (χ0v) is 11.9. The van der Waals surface area contributed by atoms with Gasteiger partial charge >= 0.3 is 5.91 Å². The van der Waals surface area contributed by atoms with Gasteiger partial charge in [-0.3, -0.25) is 4.79 Å². The summed E-state index contributed by atoms with van der Waals surface area (Å²) in [4.78, 5) is 23.5. The van der Waals surface area contributed by atoms with Crippen molar-refractivity contribution in [2.24, 2.45) is 16.5 Å². The molecule has 0 bridgehead atoms. The maximum absolute atomic E-state index is 12.0. The van der Waals surface area contributed by atoms with Gasteiger partial charge in [0.2, 0.25) is 0 Å². The summed E-state index contributed by atoms with van der Waals surface area (Å²) in [5, 5.41) is 0.859. The molecular formula is C14H13N7O2. The number of anilines is 2. The van der Waals surface area contributed by atoms with Crippen molar-refractivity contribution in [2.75, 3.05) is 11.5 Å². The van der Waals surface area contributed by atoms with Crippen LogP contribution in [-0.2, 0) is 0 Å². The van der Waals surface area contributed by atoms with Gasteiger partial charge < -0.3 is 27.4 Å². The Labute approximate surface area is 130 Å². The van der Waals surface area contributed by atoms with Crippen LogP contribution in [0.1, 0.15) is 10.5 Å². The lowest BCUT2D eigenvalue weighted by Gasteiger charge is -2.08. The average molecular weight is 311 g/mol. The number of aliphatic imine (C=N–C) groups is 1. The molecule has 2 aromatic heterocycles. The molecule has 0 aliphatic heterocycles. The van der Waals surface area contributed by atoms with Crippen LogP contribution in [0.5, 0.6) is 0 Å². The highest BCUT2D eigenvalue weighted by Gasteiger charge is 2.17. The molecule has 116 valence electrons. The molecule has 8 N–H and O–H groups in total. The number of fused-ring (bicyclic) bond motifs is 1. The van der Waals surface area contributed by atoms with Gasteiger partial charge in [0.1, 0.15) is 11.3 Å². The molecule has 0 saturated carbocycles. The molecule has 0 spiro atoms. The van der Waals surface area contributed by atoms with Crippen LogP contribution in [0.3, 0.4) is 0 Å². The predicted molar refractivity (Wildman–Crippen MR) is 86.2 cm³/mol. The molecule has 3 aromatic rings. The van der Waals surface area contributed by atoms with E-state index in [2.05, 4.69) is 15.0 Å². The molecule has 0 atom stereocenters. The molecule has 23 heavy (non-hydrogen) atoms. The summed E-state index contributed by atoms with van der Waals surface area (Å²) in [6.07, 6.45) is 1.57. The van der Waals surface area contributed by atoms with Gasteiger partial charge in [-0.1, -0.05) is 0 Å². The molecule has 9 heteroatoms. The summed E-state index contributed by atoms with van der Waals surface area (Å²) in [5.74, 6) is -1.24. The number of carbonyl (C=O) groups excluding carboxylic acids is 1. The van der Waals surface area contributed by atoms with Crippen molar-refractivity contribution in [1.29, 1.82) is 0 Å². The molecule has 2 heterocycles. The van der Waals surface area contributed by atoms with Crippen LogP contribution in [0, 0.1) is 0 Å². The van der Waals surface area contributed by atoms with Crippen LogP contribution >= 0.6 is 0 Å². The van der Waals surface area contributed by atoms with E-state index in [-0.39, 0.29) is 17.3 Å². The molecule has 0 aliphatic rings. The van der Waals surface area contributed by atoms with Gasteiger partial charge in [0.05, 0.1) is 6.26 Å². The first-order valence-electron chi connectivity index (χ1n) is 6.50. The maximum Gasteiger partial charge on any atom is 0.302 e. The molecule has 0 saturated heterocycles. The lowest BCUT2D eigenvalue weighted by molar-refractivity contribution is 0.0999. The largest absolute Gasteiger partial charge is 0.464 e. The summed E-state index contributed by atoms with van der Waals surface area (Å²) < 4.78 is 5.28. The molecule has 1 aromatic carbocycles. The Morgan fingerprint density at radius 2 is 1.87 bits per heavy atom. The fraction of sp³-hybridized carbons (Fsp3) is 0. The average Bonchev–Trinajstić information content (AvgIpc) is 2.93. The van der Waals surface area contributed by atoms with Crippen LogP contribution in [0.2, 0.25) is 0 Å². The van der Waals surface area contributed by atoms with Crippen LogP contribution in [0.4, 0.5) is 11.6 Å². The molecule has 0 aliphatic carbocycles. The molecular weight excluding hydrogens is 298 g/mol. The van der Waals surface area contributed by atoms with Gasteiger partial charge in [-0.15, -0.1) is 0 Å². The Morgan fingerprint density at radius 1 is 1.09 bits per heavy atom. The third kappa shape index (κ3) is 2.62. The highest BCUT2D eigenvalue weighted by molar-refractivity contribution is 6.04. The van der Waals surface area contributed by atoms with Crippen LogP contribution in [0.25, 0.3) is 22.2 Å². The quantitative estimate of drug-likeness (QED) is 0.390. The lowest BCUT2D eigenvalue weighted by atomic mass is 10.1. The Morgan fingerprint density at radius 3 is 2.61 bits per heavy atom. The number of nitrogen functional groups attached to an aromatic ring is 2. The number of hydrogen-bond acceptors (Lipinski definition) is 6. The fourth-order valence-electron chi connectivity index (χ4n) is 2.12. The highest BCUT2D eigenvalue weighted by Crippen LogP contribution is 2.28. The van der Waals surface area contributed by atoms with E-state index < -0.39 is 11.9 Å². The van der Waals surface area contributed by atoms with E-state index in [1.165, 1.54) is 0 Å². The van der Waals surface area contributed by atoms with Crippen molar-refractivity contribution in [3.8, 4) is 11.3 Å². The van der Waals surface area contributed by atoms with Crippen LogP contribution in [-0.4, -0.2) is 21.8 Å². The van der Waals surface area contributed by atoms with E-state index in [1.54, 1.807) is 24.5 Å². The standard InChI is InChI=1S/C14H13N7O2/c15-11-9(7-1-2-8-6(5-7)3-4-23-8)19-10(12(16)20-11)13(22)21-14(17)18/h1-5H,(H4,15,16,20)(H4,17,18,21,22). The van der Waals surface area contributed by atoms with Crippen molar-refractivity contribution in [3.05, 3.63) is 36.2 Å². The second kappa shape index (κ2) is 5.30. The van der Waals surface area contributed by atoms with Crippen LogP contribution in [0.15, 0.2) is 39.9 Å². The van der Waals surface area contributed by atoms with E-state index in [9.17, 15) is 4.79 Å². The Kier molecular flexibility index (Phi) is 3.30. The zero-order chi connectivity index (χ0) is 16.6. The number of rotatable bonds is 2. The van der Waals surface area contributed by atoms with Gasteiger partial charge in [-0.2, -0.15) is 4.99 Å². The van der Waals surface area contributed by atoms with Crippen LogP contribution < -0.4 is 22.9 Å². The fourth-order valence-corrected chi connectivity index (χ4v) is 2.12. The smallest absolute Gasteiger partial charge is 0.302 e. The normalized spacial score (nSPS) is 10.6. The van der Waals surface area contributed by atoms with Crippen molar-refractivity contribution in [1.82, 2.24) is 9.97 Å². The summed E-state index contributed by atoms with van der Waals surface area (Å²) in [7, 11) is 0. The minimum atomic E-state index is -0.791. The first-order valence-corrected chi connectivity index (χ1v) is 6.50. The number of nitrogens with zero attached hydrogens (tertiary/aromatic N) is 3. The Balaban J connectivity index is 2.15. The second-order valence-corrected chi connectivity index (χ2v) is 4.71. The molecule has 0 fully saturated rings. The van der Waals surface area contributed by atoms with Crippen molar-refractivity contribution >= 4 is 34.5 Å². The molecule has 9 nitrogen and oxygen atoms in total. The Hall–Kier alpha value is -3.62. The van der Waals surface area contributed by atoms with E-state index in [0.29, 0.717) is 16.8 Å². The van der Waals surface area contributed by atoms with Gasteiger partial charge in [0.25, 0.3) is 0 Å². The maximum atomic E-state index is 12.0. The van der Waals surface area contributed by atoms with E-state index in [4.69, 9.17) is 27.4 Å². The van der Waals surface area contributed by atoms with Gasteiger partial charge in [-0.05, 0) is 24.3 Å². The lowest BCUT2D eigenvalue weighted by Crippen LogP contribution is -2.25. The predicted octanol–water partition coefficient (Wildman–Crippen LogP) is 0.468. The number of amides is 1. The van der Waals surface area contributed by atoms with E-state index in [1.807, 2.05) is 6.07 Å². The second-order valence-electron chi connectivity index (χ2n) is 4.71. The number of benzene rings is 1. The highest BCUT2D eigenvalue weighted by atomic mass is 16.3. The van der Waals surface area contributed by atoms with Gasteiger partial charge in [0, 0.05) is 10.9 Å². The number of hydrogen-bond donors (Lipinski definition) is 4. The number of aromatic nitrogens is 2. The summed E-state index contributed by atoms with van der Waals surface area (Å²) >= 11 is 0. The van der Waals surface area contributed by atoms with Crippen molar-refractivity contribution in [2.45, 2.75) is 0 Å². The monoisotopic (exact) mass is 311 g/mol. The minimum absolute atomic E-state index is 0.0894. The van der Waals surface area contributed by atoms with Crippen molar-refractivity contribution in [3.63, 3.8) is 0 Å². The summed E-state index contributed by atoms with van der Waals surface area (Å²) in [5.41, 5.74) is 23.4. The zero-order valence-electron chi connectivity index (χ0n) is 11.9. The third-order valence-electron chi connectivity index (χ3n) is 3.11. The molecule has 0 radical (unpaired) electrons. The topological polar surface area (TPSA) is 172 Å². The Bertz CT molecular complexity index is 941. The van der Waals surface area contributed by atoms with E-state index in [0.717, 1.165) is 5.39 Å². The SMILES string of the molecule is NC(N)=NC(=O)c1nc(-c2ccc3occc3c2)c(N)nc1N. The molecule has 3 rings (SSSR count). The summed E-state index contributed by atoms with van der Waals surface area (Å²) in [6.45, 7) is 0.